The zero-order chi connectivity index (χ0) is 18.9. The van der Waals surface area contributed by atoms with Gasteiger partial charge in [0.2, 0.25) is 0 Å². The van der Waals surface area contributed by atoms with Gasteiger partial charge in [0.15, 0.2) is 11.5 Å². The lowest BCUT2D eigenvalue weighted by Gasteiger charge is -2.25. The van der Waals surface area contributed by atoms with Gasteiger partial charge < -0.3 is 23.7 Å². The van der Waals surface area contributed by atoms with Crippen molar-refractivity contribution in [1.82, 2.24) is 4.90 Å². The molecule has 0 unspecified atom stereocenters. The van der Waals surface area contributed by atoms with Gasteiger partial charge in [-0.25, -0.2) is 0 Å². The molecular weight excluding hydrogens is 334 g/mol. The molecule has 1 aromatic heterocycles. The first-order valence-electron chi connectivity index (χ1n) is 8.77. The van der Waals surface area contributed by atoms with E-state index in [2.05, 4.69) is 4.90 Å². The van der Waals surface area contributed by atoms with Crippen molar-refractivity contribution < 1.29 is 23.7 Å². The molecule has 0 saturated carbocycles. The van der Waals surface area contributed by atoms with Gasteiger partial charge in [-0.3, -0.25) is 4.90 Å². The summed E-state index contributed by atoms with van der Waals surface area (Å²) in [5.41, 5.74) is 1.06. The maximum Gasteiger partial charge on any atom is 0.161 e. The van der Waals surface area contributed by atoms with Crippen LogP contribution in [0.1, 0.15) is 25.2 Å². The summed E-state index contributed by atoms with van der Waals surface area (Å²) in [5.74, 6) is 2.23. The fraction of sp³-hybridized carbons (Fsp3) is 0.500. The number of furan rings is 1. The molecule has 1 aromatic carbocycles. The average Bonchev–Trinajstić information content (AvgIpc) is 3.12. The van der Waals surface area contributed by atoms with E-state index in [9.17, 15) is 5.11 Å². The molecule has 0 amide bonds. The molecule has 0 fully saturated rings. The van der Waals surface area contributed by atoms with Gasteiger partial charge >= 0.3 is 0 Å². The summed E-state index contributed by atoms with van der Waals surface area (Å²) in [5, 5.41) is 10.3. The predicted octanol–water partition coefficient (Wildman–Crippen LogP) is 3.08. The van der Waals surface area contributed by atoms with E-state index in [1.807, 2.05) is 44.2 Å². The van der Waals surface area contributed by atoms with E-state index in [0.29, 0.717) is 37.7 Å². The number of aliphatic hydroxyl groups excluding tert-OH is 1. The fourth-order valence-corrected chi connectivity index (χ4v) is 2.70. The molecule has 0 spiro atoms. The second-order valence-electron chi connectivity index (χ2n) is 6.47. The molecule has 6 nitrogen and oxygen atoms in total. The van der Waals surface area contributed by atoms with Crippen molar-refractivity contribution >= 4 is 0 Å². The molecular formula is C20H29NO5. The zero-order valence-electron chi connectivity index (χ0n) is 16.0. The Morgan fingerprint density at radius 1 is 1.08 bits per heavy atom. The van der Waals surface area contributed by atoms with Gasteiger partial charge in [0, 0.05) is 13.1 Å². The van der Waals surface area contributed by atoms with Gasteiger partial charge in [-0.1, -0.05) is 6.07 Å². The molecule has 144 valence electrons. The molecule has 26 heavy (non-hydrogen) atoms. The Balaban J connectivity index is 2.07. The summed E-state index contributed by atoms with van der Waals surface area (Å²) >= 11 is 0. The van der Waals surface area contributed by atoms with Crippen LogP contribution in [-0.2, 0) is 17.8 Å². The Hall–Kier alpha value is -2.02. The van der Waals surface area contributed by atoms with E-state index in [1.165, 1.54) is 0 Å². The van der Waals surface area contributed by atoms with Gasteiger partial charge in [0.1, 0.15) is 5.76 Å². The smallest absolute Gasteiger partial charge is 0.161 e. The molecule has 0 saturated heterocycles. The summed E-state index contributed by atoms with van der Waals surface area (Å²) in [4.78, 5) is 2.12. The highest BCUT2D eigenvalue weighted by Crippen LogP contribution is 2.28. The highest BCUT2D eigenvalue weighted by atomic mass is 16.5. The first-order chi connectivity index (χ1) is 12.5. The minimum Gasteiger partial charge on any atom is -0.493 e. The normalized spacial score (nSPS) is 12.6. The van der Waals surface area contributed by atoms with Gasteiger partial charge in [0.05, 0.1) is 45.8 Å². The lowest BCUT2D eigenvalue weighted by atomic mass is 10.1. The van der Waals surface area contributed by atoms with Gasteiger partial charge in [-0.2, -0.15) is 0 Å². The van der Waals surface area contributed by atoms with Crippen LogP contribution in [0.15, 0.2) is 41.0 Å². The first kappa shape index (κ1) is 20.3. The molecule has 0 aliphatic carbocycles. The van der Waals surface area contributed by atoms with E-state index >= 15 is 0 Å². The summed E-state index contributed by atoms with van der Waals surface area (Å²) in [6, 6.07) is 9.62. The van der Waals surface area contributed by atoms with Crippen LogP contribution in [0, 0.1) is 0 Å². The third kappa shape index (κ3) is 6.37. The number of methoxy groups -OCH3 is 2. The summed E-state index contributed by atoms with van der Waals surface area (Å²) in [7, 11) is 3.24. The average molecular weight is 363 g/mol. The number of aliphatic hydroxyl groups is 1. The van der Waals surface area contributed by atoms with E-state index in [-0.39, 0.29) is 6.10 Å². The quantitative estimate of drug-likeness (QED) is 0.662. The van der Waals surface area contributed by atoms with Crippen molar-refractivity contribution in [2.75, 3.05) is 27.4 Å². The Kier molecular flexibility index (Phi) is 7.97. The molecule has 1 atom stereocenters. The van der Waals surface area contributed by atoms with Crippen molar-refractivity contribution in [3.63, 3.8) is 0 Å². The number of benzene rings is 1. The maximum atomic E-state index is 10.3. The van der Waals surface area contributed by atoms with E-state index in [0.717, 1.165) is 11.3 Å². The van der Waals surface area contributed by atoms with E-state index in [4.69, 9.17) is 18.6 Å². The monoisotopic (exact) mass is 363 g/mol. The predicted molar refractivity (Wildman–Crippen MR) is 99.5 cm³/mol. The van der Waals surface area contributed by atoms with Crippen LogP contribution in [0.3, 0.4) is 0 Å². The van der Waals surface area contributed by atoms with Gasteiger partial charge in [-0.05, 0) is 43.7 Å². The number of ether oxygens (including phenoxy) is 3. The van der Waals surface area contributed by atoms with E-state index in [1.54, 1.807) is 20.5 Å². The number of rotatable bonds is 11. The van der Waals surface area contributed by atoms with Crippen molar-refractivity contribution in [1.29, 1.82) is 0 Å². The third-order valence-electron chi connectivity index (χ3n) is 3.90. The van der Waals surface area contributed by atoms with Crippen molar-refractivity contribution in [2.45, 2.75) is 39.1 Å². The SMILES string of the molecule is COc1ccc(CN(Cc2ccco2)C[C@H](O)COC(C)C)cc1OC. The van der Waals surface area contributed by atoms with E-state index < -0.39 is 6.10 Å². The van der Waals surface area contributed by atoms with Crippen molar-refractivity contribution in [3.8, 4) is 11.5 Å². The molecule has 0 radical (unpaired) electrons. The second kappa shape index (κ2) is 10.2. The molecule has 1 N–H and O–H groups in total. The Labute approximate surface area is 155 Å². The number of hydrogen-bond acceptors (Lipinski definition) is 6. The largest absolute Gasteiger partial charge is 0.493 e. The summed E-state index contributed by atoms with van der Waals surface area (Å²) < 4.78 is 21.7. The topological polar surface area (TPSA) is 64.3 Å². The minimum atomic E-state index is -0.576. The molecule has 2 aromatic rings. The lowest BCUT2D eigenvalue weighted by molar-refractivity contribution is -0.0114. The van der Waals surface area contributed by atoms with Gasteiger partial charge in [-0.15, -0.1) is 0 Å². The molecule has 0 aliphatic heterocycles. The Morgan fingerprint density at radius 2 is 1.85 bits per heavy atom. The lowest BCUT2D eigenvalue weighted by Crippen LogP contribution is -2.34. The van der Waals surface area contributed by atoms with Crippen LogP contribution in [0.2, 0.25) is 0 Å². The van der Waals surface area contributed by atoms with Crippen molar-refractivity contribution in [3.05, 3.63) is 47.9 Å². The Morgan fingerprint density at radius 3 is 2.46 bits per heavy atom. The molecule has 1 heterocycles. The van der Waals surface area contributed by atoms with Crippen LogP contribution in [0.25, 0.3) is 0 Å². The van der Waals surface area contributed by atoms with Crippen LogP contribution in [0.4, 0.5) is 0 Å². The first-order valence-corrected chi connectivity index (χ1v) is 8.77. The maximum absolute atomic E-state index is 10.3. The van der Waals surface area contributed by atoms with Gasteiger partial charge in [0.25, 0.3) is 0 Å². The summed E-state index contributed by atoms with van der Waals surface area (Å²) in [6.45, 7) is 5.92. The van der Waals surface area contributed by atoms with Crippen LogP contribution >= 0.6 is 0 Å². The number of nitrogens with zero attached hydrogens (tertiary/aromatic N) is 1. The standard InChI is InChI=1S/C20H29NO5/c1-15(2)26-14-17(22)12-21(13-18-6-5-9-25-18)11-16-7-8-19(23-3)20(10-16)24-4/h5-10,15,17,22H,11-14H2,1-4H3/t17-/m0/s1. The highest BCUT2D eigenvalue weighted by molar-refractivity contribution is 5.42. The summed E-state index contributed by atoms with van der Waals surface area (Å²) in [6.07, 6.45) is 1.17. The third-order valence-corrected chi connectivity index (χ3v) is 3.90. The van der Waals surface area contributed by atoms with Crippen molar-refractivity contribution in [2.24, 2.45) is 0 Å². The van der Waals surface area contributed by atoms with Crippen LogP contribution in [0.5, 0.6) is 11.5 Å². The van der Waals surface area contributed by atoms with Crippen LogP contribution < -0.4 is 9.47 Å². The minimum absolute atomic E-state index is 0.0917. The molecule has 0 bridgehead atoms. The molecule has 0 aliphatic rings. The second-order valence-corrected chi connectivity index (χ2v) is 6.47. The Bertz CT molecular complexity index is 642. The molecule has 6 heteroatoms. The fourth-order valence-electron chi connectivity index (χ4n) is 2.70. The molecule has 2 rings (SSSR count). The number of hydrogen-bond donors (Lipinski definition) is 1. The van der Waals surface area contributed by atoms with Crippen LogP contribution in [-0.4, -0.2) is 49.6 Å². The highest BCUT2D eigenvalue weighted by Gasteiger charge is 2.16. The zero-order valence-corrected chi connectivity index (χ0v) is 16.0.